The first kappa shape index (κ1) is 24.7. The van der Waals surface area contributed by atoms with Gasteiger partial charge >= 0.3 is 11.9 Å². The Balaban J connectivity index is 2.08. The van der Waals surface area contributed by atoms with Gasteiger partial charge in [0.1, 0.15) is 5.69 Å². The van der Waals surface area contributed by atoms with Gasteiger partial charge in [0.05, 0.1) is 28.5 Å². The van der Waals surface area contributed by atoms with E-state index < -0.39 is 16.7 Å². The maximum Gasteiger partial charge on any atom is 0.418 e. The molecular weight excluding hydrogens is 439 g/mol. The second-order valence-corrected chi connectivity index (χ2v) is 8.63. The maximum atomic E-state index is 13.6. The molecule has 0 unspecified atom stereocenters. The summed E-state index contributed by atoms with van der Waals surface area (Å²) in [6.07, 6.45) is 0.288. The molecule has 0 amide bonds. The van der Waals surface area contributed by atoms with Crippen LogP contribution in [0.3, 0.4) is 0 Å². The number of pyridine rings is 2. The van der Waals surface area contributed by atoms with Crippen LogP contribution in [-0.4, -0.2) is 42.2 Å². The number of halogens is 3. The summed E-state index contributed by atoms with van der Waals surface area (Å²) in [5, 5.41) is 11.7. The van der Waals surface area contributed by atoms with E-state index in [0.29, 0.717) is 19.6 Å². The van der Waals surface area contributed by atoms with E-state index in [-0.39, 0.29) is 46.0 Å². The Hall–Kier alpha value is -2.95. The Morgan fingerprint density at radius 3 is 2.55 bits per heavy atom. The SMILES string of the molecule is CCCc1ncc(-c2cc(N(C)CC3(COC)CCC3)c([N+](=O)[O-])c(N)n2)cc1C(F)(F)F. The topological polar surface area (TPSA) is 107 Å². The van der Waals surface area contributed by atoms with Gasteiger partial charge in [-0.2, -0.15) is 13.2 Å². The van der Waals surface area contributed by atoms with Crippen LogP contribution in [0.25, 0.3) is 11.3 Å². The quantitative estimate of drug-likeness (QED) is 0.415. The summed E-state index contributed by atoms with van der Waals surface area (Å²) < 4.78 is 46.2. The molecule has 8 nitrogen and oxygen atoms in total. The zero-order chi connectivity index (χ0) is 24.4. The van der Waals surface area contributed by atoms with E-state index in [1.165, 1.54) is 12.3 Å². The summed E-state index contributed by atoms with van der Waals surface area (Å²) in [5.41, 5.74) is 4.89. The van der Waals surface area contributed by atoms with Gasteiger partial charge in [-0.05, 0) is 31.4 Å². The van der Waals surface area contributed by atoms with Gasteiger partial charge in [-0.1, -0.05) is 19.8 Å². The van der Waals surface area contributed by atoms with Gasteiger partial charge in [0.2, 0.25) is 5.82 Å². The van der Waals surface area contributed by atoms with E-state index in [4.69, 9.17) is 10.5 Å². The fourth-order valence-electron chi connectivity index (χ4n) is 4.40. The van der Waals surface area contributed by atoms with Crippen LogP contribution in [0, 0.1) is 15.5 Å². The second kappa shape index (κ2) is 9.50. The van der Waals surface area contributed by atoms with E-state index in [1.807, 2.05) is 0 Å². The molecule has 0 atom stereocenters. The lowest BCUT2D eigenvalue weighted by atomic mass is 9.69. The minimum absolute atomic E-state index is 0.0486. The molecule has 180 valence electrons. The van der Waals surface area contributed by atoms with Crippen molar-refractivity contribution >= 4 is 17.2 Å². The van der Waals surface area contributed by atoms with Crippen LogP contribution in [0.2, 0.25) is 0 Å². The molecule has 1 saturated carbocycles. The number of aromatic nitrogens is 2. The lowest BCUT2D eigenvalue weighted by molar-refractivity contribution is -0.383. The molecule has 2 N–H and O–H groups in total. The van der Waals surface area contributed by atoms with Gasteiger partial charge in [-0.15, -0.1) is 0 Å². The molecule has 1 aliphatic rings. The average molecular weight is 467 g/mol. The third kappa shape index (κ3) is 5.18. The minimum atomic E-state index is -4.59. The highest BCUT2D eigenvalue weighted by atomic mass is 19.4. The number of aryl methyl sites for hydroxylation is 1. The molecule has 0 spiro atoms. The Morgan fingerprint density at radius 2 is 2.03 bits per heavy atom. The predicted octanol–water partition coefficient (Wildman–Crippen LogP) is 4.86. The van der Waals surface area contributed by atoms with Crippen molar-refractivity contribution in [3.8, 4) is 11.3 Å². The van der Waals surface area contributed by atoms with Crippen molar-refractivity contribution in [1.82, 2.24) is 9.97 Å². The van der Waals surface area contributed by atoms with E-state index in [1.54, 1.807) is 26.0 Å². The Morgan fingerprint density at radius 1 is 1.33 bits per heavy atom. The molecule has 0 saturated heterocycles. The van der Waals surface area contributed by atoms with Crippen molar-refractivity contribution in [1.29, 1.82) is 0 Å². The first-order valence-electron chi connectivity index (χ1n) is 10.7. The summed E-state index contributed by atoms with van der Waals surface area (Å²) in [4.78, 5) is 20.9. The Labute approximate surface area is 190 Å². The monoisotopic (exact) mass is 467 g/mol. The molecule has 0 aromatic carbocycles. The molecule has 11 heteroatoms. The highest BCUT2D eigenvalue weighted by Gasteiger charge is 2.39. The normalized spacial score (nSPS) is 15.2. The zero-order valence-corrected chi connectivity index (χ0v) is 18.9. The van der Waals surface area contributed by atoms with Crippen LogP contribution in [0.4, 0.5) is 30.4 Å². The fraction of sp³-hybridized carbons (Fsp3) is 0.545. The standard InChI is InChI=1S/C22H28F3N5O3/c1-4-6-16-15(22(23,24)25)9-14(11-27-16)17-10-18(19(30(31)32)20(26)28-17)29(2)12-21(13-33-3)7-5-8-21/h9-11H,4-8,12-13H2,1-3H3,(H2,26,28). The molecule has 2 heterocycles. The molecular formula is C22H28F3N5O3. The molecule has 1 aliphatic carbocycles. The summed E-state index contributed by atoms with van der Waals surface area (Å²) >= 11 is 0. The number of nitro groups is 1. The summed E-state index contributed by atoms with van der Waals surface area (Å²) in [7, 11) is 3.31. The van der Waals surface area contributed by atoms with E-state index >= 15 is 0 Å². The van der Waals surface area contributed by atoms with Gasteiger partial charge in [0.25, 0.3) is 0 Å². The molecule has 2 aromatic heterocycles. The van der Waals surface area contributed by atoms with E-state index in [2.05, 4.69) is 9.97 Å². The summed E-state index contributed by atoms with van der Waals surface area (Å²) in [6.45, 7) is 2.76. The third-order valence-corrected chi connectivity index (χ3v) is 6.09. The van der Waals surface area contributed by atoms with Crippen LogP contribution in [-0.2, 0) is 17.3 Å². The van der Waals surface area contributed by atoms with Crippen molar-refractivity contribution < 1.29 is 22.8 Å². The minimum Gasteiger partial charge on any atom is -0.384 e. The number of nitrogens with zero attached hydrogens (tertiary/aromatic N) is 4. The average Bonchev–Trinajstić information content (AvgIpc) is 2.71. The first-order valence-corrected chi connectivity index (χ1v) is 10.7. The van der Waals surface area contributed by atoms with Crippen LogP contribution in [0.5, 0.6) is 0 Å². The summed E-state index contributed by atoms with van der Waals surface area (Å²) in [6, 6.07) is 2.39. The molecule has 0 aliphatic heterocycles. The number of nitrogens with two attached hydrogens (primary N) is 1. The predicted molar refractivity (Wildman–Crippen MR) is 119 cm³/mol. The van der Waals surface area contributed by atoms with Crippen LogP contribution in [0.15, 0.2) is 18.3 Å². The first-order chi connectivity index (χ1) is 15.5. The van der Waals surface area contributed by atoms with Crippen LogP contribution < -0.4 is 10.6 Å². The molecule has 0 radical (unpaired) electrons. The largest absolute Gasteiger partial charge is 0.418 e. The van der Waals surface area contributed by atoms with Crippen molar-refractivity contribution in [3.63, 3.8) is 0 Å². The van der Waals surface area contributed by atoms with Crippen molar-refractivity contribution in [3.05, 3.63) is 39.7 Å². The number of ether oxygens (including phenoxy) is 1. The number of rotatable bonds is 9. The molecule has 33 heavy (non-hydrogen) atoms. The smallest absolute Gasteiger partial charge is 0.384 e. The Kier molecular flexibility index (Phi) is 7.11. The number of hydrogen-bond donors (Lipinski definition) is 1. The van der Waals surface area contributed by atoms with Crippen LogP contribution >= 0.6 is 0 Å². The van der Waals surface area contributed by atoms with Crippen LogP contribution in [0.1, 0.15) is 43.9 Å². The fourth-order valence-corrected chi connectivity index (χ4v) is 4.40. The lowest BCUT2D eigenvalue weighted by Gasteiger charge is -2.44. The van der Waals surface area contributed by atoms with E-state index in [0.717, 1.165) is 25.3 Å². The van der Waals surface area contributed by atoms with Gasteiger partial charge < -0.3 is 15.4 Å². The molecule has 0 bridgehead atoms. The highest BCUT2D eigenvalue weighted by molar-refractivity contribution is 5.78. The lowest BCUT2D eigenvalue weighted by Crippen LogP contribution is -2.44. The number of anilines is 2. The second-order valence-electron chi connectivity index (χ2n) is 8.63. The highest BCUT2D eigenvalue weighted by Crippen LogP contribution is 2.44. The maximum absolute atomic E-state index is 13.6. The Bertz CT molecular complexity index is 1030. The summed E-state index contributed by atoms with van der Waals surface area (Å²) in [5.74, 6) is -0.361. The number of nitrogen functional groups attached to an aromatic ring is 1. The van der Waals surface area contributed by atoms with Gasteiger partial charge in [-0.25, -0.2) is 4.98 Å². The molecule has 2 aromatic rings. The van der Waals surface area contributed by atoms with Gasteiger partial charge in [0.15, 0.2) is 0 Å². The van der Waals surface area contributed by atoms with Crippen molar-refractivity contribution in [2.75, 3.05) is 37.9 Å². The number of alkyl halides is 3. The number of hydrogen-bond acceptors (Lipinski definition) is 7. The third-order valence-electron chi connectivity index (χ3n) is 6.09. The van der Waals surface area contributed by atoms with E-state index in [9.17, 15) is 23.3 Å². The zero-order valence-electron chi connectivity index (χ0n) is 18.9. The molecule has 1 fully saturated rings. The molecule has 3 rings (SSSR count). The number of methoxy groups -OCH3 is 1. The van der Waals surface area contributed by atoms with Gasteiger partial charge in [0, 0.05) is 37.9 Å². The van der Waals surface area contributed by atoms with Crippen molar-refractivity contribution in [2.45, 2.75) is 45.2 Å². The van der Waals surface area contributed by atoms with Crippen molar-refractivity contribution in [2.24, 2.45) is 5.41 Å². The van der Waals surface area contributed by atoms with Gasteiger partial charge in [-0.3, -0.25) is 15.1 Å².